The van der Waals surface area contributed by atoms with Crippen molar-refractivity contribution in [3.05, 3.63) is 180 Å². The molecule has 0 radical (unpaired) electrons. The molecule has 0 saturated carbocycles. The smallest absolute Gasteiger partial charge is 0.268 e. The summed E-state index contributed by atoms with van der Waals surface area (Å²) in [5, 5.41) is 2.17. The van der Waals surface area contributed by atoms with E-state index in [1.165, 1.54) is 10.5 Å². The molecule has 0 unspecified atom stereocenters. The molecule has 0 fully saturated rings. The Morgan fingerprint density at radius 1 is 0.429 bits per heavy atom. The number of rotatable bonds is 5. The second-order valence-electron chi connectivity index (χ2n) is 12.5. The van der Waals surface area contributed by atoms with E-state index in [0.717, 1.165) is 55.2 Å². The lowest BCUT2D eigenvalue weighted by Gasteiger charge is -2.23. The molecule has 4 heteroatoms. The maximum absolute atomic E-state index is 15.0. The van der Waals surface area contributed by atoms with E-state index in [0.29, 0.717) is 22.5 Å². The normalized spacial score (nSPS) is 12.6. The van der Waals surface area contributed by atoms with Gasteiger partial charge >= 0.3 is 0 Å². The van der Waals surface area contributed by atoms with E-state index in [-0.39, 0.29) is 11.8 Å². The van der Waals surface area contributed by atoms with Crippen molar-refractivity contribution in [1.82, 2.24) is 4.57 Å². The standard InChI is InChI=1S/C45H30N2O2/c1-29-25-27-32(28-26-29)35-20-11-21-37-36-17-8-9-23-39(36)46(43(35)37)40-24-12-22-38-41(40)45(49)47(44(38)48)42-33(30-13-4-2-5-14-30)18-10-19-34(42)31-15-6-3-7-16-31/h2-28H,1H3. The minimum absolute atomic E-state index is 0.332. The van der Waals surface area contributed by atoms with Gasteiger partial charge in [-0.3, -0.25) is 9.59 Å². The first-order valence-corrected chi connectivity index (χ1v) is 16.5. The molecule has 49 heavy (non-hydrogen) atoms. The van der Waals surface area contributed by atoms with E-state index < -0.39 is 0 Å². The summed E-state index contributed by atoms with van der Waals surface area (Å²) in [5.41, 5.74) is 10.8. The highest BCUT2D eigenvalue weighted by molar-refractivity contribution is 6.37. The molecule has 7 aromatic carbocycles. The largest absolute Gasteiger partial charge is 0.308 e. The van der Waals surface area contributed by atoms with Crippen LogP contribution in [0.15, 0.2) is 164 Å². The number of aryl methyl sites for hydroxylation is 1. The molecule has 2 amide bonds. The first-order valence-electron chi connectivity index (χ1n) is 16.5. The number of para-hydroxylation sites is 3. The van der Waals surface area contributed by atoms with Gasteiger partial charge in [-0.25, -0.2) is 4.90 Å². The summed E-state index contributed by atoms with van der Waals surface area (Å²) in [6.45, 7) is 2.09. The van der Waals surface area contributed by atoms with E-state index in [2.05, 4.69) is 66.1 Å². The van der Waals surface area contributed by atoms with Crippen LogP contribution in [0.2, 0.25) is 0 Å². The Bertz CT molecular complexity index is 2530. The van der Waals surface area contributed by atoms with Crippen LogP contribution in [0.3, 0.4) is 0 Å². The molecule has 4 nitrogen and oxygen atoms in total. The molecule has 0 atom stereocenters. The average Bonchev–Trinajstić information content (AvgIpc) is 3.63. The number of hydrogen-bond donors (Lipinski definition) is 0. The van der Waals surface area contributed by atoms with Gasteiger partial charge in [0.25, 0.3) is 11.8 Å². The highest BCUT2D eigenvalue weighted by atomic mass is 16.2. The van der Waals surface area contributed by atoms with Gasteiger partial charge in [0, 0.05) is 27.5 Å². The fourth-order valence-corrected chi connectivity index (χ4v) is 7.38. The molecule has 0 saturated heterocycles. The third-order valence-electron chi connectivity index (χ3n) is 9.62. The highest BCUT2D eigenvalue weighted by Crippen LogP contribution is 2.45. The summed E-state index contributed by atoms with van der Waals surface area (Å²) in [7, 11) is 0. The molecule has 1 aliphatic heterocycles. The van der Waals surface area contributed by atoms with Gasteiger partial charge in [-0.05, 0) is 41.8 Å². The van der Waals surface area contributed by atoms with Gasteiger partial charge in [-0.15, -0.1) is 0 Å². The lowest BCUT2D eigenvalue weighted by Crippen LogP contribution is -2.30. The van der Waals surface area contributed by atoms with Gasteiger partial charge in [0.2, 0.25) is 0 Å². The number of carbonyl (C=O) groups excluding carboxylic acids is 2. The van der Waals surface area contributed by atoms with Crippen molar-refractivity contribution in [1.29, 1.82) is 0 Å². The zero-order valence-electron chi connectivity index (χ0n) is 26.8. The van der Waals surface area contributed by atoms with Crippen molar-refractivity contribution in [3.63, 3.8) is 0 Å². The average molecular weight is 631 g/mol. The predicted octanol–water partition coefficient (Wildman–Crippen LogP) is 10.9. The second-order valence-corrected chi connectivity index (χ2v) is 12.5. The van der Waals surface area contributed by atoms with Gasteiger partial charge in [-0.1, -0.05) is 151 Å². The van der Waals surface area contributed by atoms with Crippen LogP contribution in [-0.2, 0) is 0 Å². The van der Waals surface area contributed by atoms with Gasteiger partial charge < -0.3 is 4.57 Å². The van der Waals surface area contributed by atoms with Crippen molar-refractivity contribution in [3.8, 4) is 39.1 Å². The van der Waals surface area contributed by atoms with E-state index in [1.54, 1.807) is 6.07 Å². The van der Waals surface area contributed by atoms with Gasteiger partial charge in [-0.2, -0.15) is 0 Å². The molecule has 8 aromatic rings. The molecule has 0 spiro atoms. The van der Waals surface area contributed by atoms with E-state index >= 15 is 4.79 Å². The molecular formula is C45H30N2O2. The van der Waals surface area contributed by atoms with Crippen LogP contribution < -0.4 is 4.90 Å². The van der Waals surface area contributed by atoms with Crippen molar-refractivity contribution < 1.29 is 9.59 Å². The minimum Gasteiger partial charge on any atom is -0.308 e. The third kappa shape index (κ3) is 4.45. The predicted molar refractivity (Wildman–Crippen MR) is 199 cm³/mol. The lowest BCUT2D eigenvalue weighted by atomic mass is 9.95. The summed E-state index contributed by atoms with van der Waals surface area (Å²) in [5.74, 6) is -0.670. The fraction of sp³-hybridized carbons (Fsp3) is 0.0222. The summed E-state index contributed by atoms with van der Waals surface area (Å²) in [6.07, 6.45) is 0. The number of carbonyl (C=O) groups is 2. The molecule has 0 N–H and O–H groups in total. The third-order valence-corrected chi connectivity index (χ3v) is 9.62. The van der Waals surface area contributed by atoms with E-state index in [1.807, 2.05) is 103 Å². The summed E-state index contributed by atoms with van der Waals surface area (Å²) >= 11 is 0. The Kier molecular flexibility index (Phi) is 6.63. The maximum atomic E-state index is 15.0. The topological polar surface area (TPSA) is 42.3 Å². The lowest BCUT2D eigenvalue weighted by molar-refractivity contribution is 0.0926. The number of nitrogens with zero attached hydrogens (tertiary/aromatic N) is 2. The fourth-order valence-electron chi connectivity index (χ4n) is 7.38. The van der Waals surface area contributed by atoms with Crippen molar-refractivity contribution in [2.75, 3.05) is 4.90 Å². The Morgan fingerprint density at radius 3 is 1.65 bits per heavy atom. The number of aromatic nitrogens is 1. The van der Waals surface area contributed by atoms with Crippen LogP contribution in [0.4, 0.5) is 5.69 Å². The van der Waals surface area contributed by atoms with Crippen LogP contribution in [0, 0.1) is 6.92 Å². The van der Waals surface area contributed by atoms with Crippen molar-refractivity contribution in [2.45, 2.75) is 6.92 Å². The quantitative estimate of drug-likeness (QED) is 0.178. The monoisotopic (exact) mass is 630 g/mol. The zero-order chi connectivity index (χ0) is 33.1. The van der Waals surface area contributed by atoms with E-state index in [4.69, 9.17) is 0 Å². The highest BCUT2D eigenvalue weighted by Gasteiger charge is 2.41. The molecule has 1 aliphatic rings. The number of hydrogen-bond acceptors (Lipinski definition) is 2. The summed E-state index contributed by atoms with van der Waals surface area (Å²) < 4.78 is 2.18. The number of benzene rings is 7. The molecule has 0 bridgehead atoms. The number of fused-ring (bicyclic) bond motifs is 4. The Morgan fingerprint density at radius 2 is 0.959 bits per heavy atom. The minimum atomic E-state index is -0.338. The first kappa shape index (κ1) is 28.7. The molecular weight excluding hydrogens is 601 g/mol. The second kappa shape index (κ2) is 11.3. The van der Waals surface area contributed by atoms with Crippen molar-refractivity contribution >= 4 is 39.3 Å². The molecule has 2 heterocycles. The first-order chi connectivity index (χ1) is 24.1. The van der Waals surface area contributed by atoms with Gasteiger partial charge in [0.1, 0.15) is 0 Å². The Hall–Kier alpha value is -6.52. The Balaban J connectivity index is 1.31. The van der Waals surface area contributed by atoms with E-state index in [9.17, 15) is 4.79 Å². The number of anilines is 1. The van der Waals surface area contributed by atoms with Gasteiger partial charge in [0.05, 0.1) is 33.5 Å². The van der Waals surface area contributed by atoms with Crippen LogP contribution in [0.1, 0.15) is 26.3 Å². The number of imide groups is 1. The zero-order valence-corrected chi connectivity index (χ0v) is 26.8. The van der Waals surface area contributed by atoms with Gasteiger partial charge in [0.15, 0.2) is 0 Å². The summed E-state index contributed by atoms with van der Waals surface area (Å²) in [6, 6.07) is 54.7. The van der Waals surface area contributed by atoms with Crippen LogP contribution in [0.5, 0.6) is 0 Å². The van der Waals surface area contributed by atoms with Crippen LogP contribution in [-0.4, -0.2) is 16.4 Å². The maximum Gasteiger partial charge on any atom is 0.268 e. The van der Waals surface area contributed by atoms with Crippen LogP contribution >= 0.6 is 0 Å². The molecule has 1 aromatic heterocycles. The van der Waals surface area contributed by atoms with Crippen LogP contribution in [0.25, 0.3) is 60.9 Å². The molecule has 0 aliphatic carbocycles. The van der Waals surface area contributed by atoms with Crippen molar-refractivity contribution in [2.24, 2.45) is 0 Å². The molecule has 9 rings (SSSR count). The molecule has 232 valence electrons. The Labute approximate surface area is 284 Å². The number of amides is 2. The SMILES string of the molecule is Cc1ccc(-c2cccc3c4ccccc4n(-c4cccc5c4C(=O)N(c4c(-c6ccccc6)cccc4-c4ccccc4)C5=O)c23)cc1. The summed E-state index contributed by atoms with van der Waals surface area (Å²) in [4.78, 5) is 31.1.